The molecule has 4 amide bonds. The van der Waals surface area contributed by atoms with Gasteiger partial charge < -0.3 is 34.8 Å². The third-order valence-corrected chi connectivity index (χ3v) is 13.6. The summed E-state index contributed by atoms with van der Waals surface area (Å²) in [7, 11) is 3.45. The molecule has 17 heteroatoms. The van der Waals surface area contributed by atoms with Crippen LogP contribution in [-0.4, -0.2) is 112 Å². The Hall–Kier alpha value is -6.38. The average molecular weight is 884 g/mol. The van der Waals surface area contributed by atoms with Crippen LogP contribution in [0.5, 0.6) is 5.75 Å². The summed E-state index contributed by atoms with van der Waals surface area (Å²) in [6.07, 6.45) is 14.0. The first-order valence-electron chi connectivity index (χ1n) is 23.1. The van der Waals surface area contributed by atoms with Crippen LogP contribution in [0.4, 0.5) is 23.1 Å². The van der Waals surface area contributed by atoms with Gasteiger partial charge in [0.2, 0.25) is 23.7 Å². The number of nitrogens with zero attached hydrogens (tertiary/aromatic N) is 8. The highest BCUT2D eigenvalue weighted by molar-refractivity contribution is 6.06. The average Bonchev–Trinajstić information content (AvgIpc) is 4.11. The van der Waals surface area contributed by atoms with Gasteiger partial charge in [0.15, 0.2) is 5.82 Å². The summed E-state index contributed by atoms with van der Waals surface area (Å²) in [5, 5.41) is 18.4. The minimum atomic E-state index is -0.649. The molecule has 1 unspecified atom stereocenters. The zero-order chi connectivity index (χ0) is 45.0. The summed E-state index contributed by atoms with van der Waals surface area (Å²) in [6.45, 7) is 4.20. The predicted octanol–water partition coefficient (Wildman–Crippen LogP) is 5.28. The molecule has 2 aromatic heterocycles. The van der Waals surface area contributed by atoms with E-state index in [-0.39, 0.29) is 42.3 Å². The van der Waals surface area contributed by atoms with E-state index in [0.717, 1.165) is 97.5 Å². The molecule has 17 nitrogen and oxygen atoms in total. The Morgan fingerprint density at radius 2 is 1.80 bits per heavy atom. The van der Waals surface area contributed by atoms with Crippen molar-refractivity contribution in [3.8, 4) is 28.8 Å². The van der Waals surface area contributed by atoms with Gasteiger partial charge in [-0.25, -0.2) is 9.67 Å². The fourth-order valence-electron chi connectivity index (χ4n) is 10.1. The summed E-state index contributed by atoms with van der Waals surface area (Å²) in [5.41, 5.74) is 5.27. The zero-order valence-corrected chi connectivity index (χ0v) is 37.3. The van der Waals surface area contributed by atoms with Crippen LogP contribution in [0.25, 0.3) is 11.3 Å². The second kappa shape index (κ2) is 19.4. The van der Waals surface area contributed by atoms with E-state index in [4.69, 9.17) is 14.5 Å². The molecule has 0 radical (unpaired) electrons. The summed E-state index contributed by atoms with van der Waals surface area (Å²) >= 11 is 0. The molecule has 5 heterocycles. The fraction of sp³-hybridized carbons (Fsp3) is 0.500. The Morgan fingerprint density at radius 1 is 0.969 bits per heavy atom. The Labute approximate surface area is 379 Å². The second-order valence-corrected chi connectivity index (χ2v) is 17.5. The molecule has 9 rings (SSSR count). The van der Waals surface area contributed by atoms with Crippen molar-refractivity contribution in [1.82, 2.24) is 40.5 Å². The normalized spacial score (nSPS) is 22.1. The molecule has 3 fully saturated rings. The number of methoxy groups -OCH3 is 1. The number of aromatic nitrogens is 5. The van der Waals surface area contributed by atoms with E-state index in [1.54, 1.807) is 36.2 Å². The van der Waals surface area contributed by atoms with E-state index in [0.29, 0.717) is 62.3 Å². The summed E-state index contributed by atoms with van der Waals surface area (Å²) in [6, 6.07) is 11.4. The van der Waals surface area contributed by atoms with Gasteiger partial charge in [0.05, 0.1) is 44.4 Å². The summed E-state index contributed by atoms with van der Waals surface area (Å²) in [4.78, 5) is 65.5. The lowest BCUT2D eigenvalue weighted by atomic mass is 9.91. The van der Waals surface area contributed by atoms with Gasteiger partial charge in [-0.1, -0.05) is 49.0 Å². The van der Waals surface area contributed by atoms with Crippen LogP contribution >= 0.6 is 0 Å². The number of anilines is 4. The lowest BCUT2D eigenvalue weighted by Crippen LogP contribution is -2.55. The van der Waals surface area contributed by atoms with Gasteiger partial charge >= 0.3 is 0 Å². The quantitative estimate of drug-likeness (QED) is 0.0844. The molecule has 3 N–H and O–H groups in total. The lowest BCUT2D eigenvalue weighted by molar-refractivity contribution is -0.137. The van der Waals surface area contributed by atoms with Crippen LogP contribution in [0.2, 0.25) is 0 Å². The van der Waals surface area contributed by atoms with Gasteiger partial charge in [0.25, 0.3) is 5.91 Å². The highest BCUT2D eigenvalue weighted by Gasteiger charge is 2.42. The van der Waals surface area contributed by atoms with Gasteiger partial charge in [-0.05, 0) is 81.2 Å². The monoisotopic (exact) mass is 883 g/mol. The van der Waals surface area contributed by atoms with Crippen molar-refractivity contribution in [2.24, 2.45) is 0 Å². The molecule has 1 saturated heterocycles. The van der Waals surface area contributed by atoms with Gasteiger partial charge in [-0.2, -0.15) is 4.98 Å². The number of carbonyl (C=O) groups excluding carboxylic acids is 4. The van der Waals surface area contributed by atoms with Crippen molar-refractivity contribution < 1.29 is 28.7 Å². The number of carbonyl (C=O) groups is 4. The van der Waals surface area contributed by atoms with Crippen LogP contribution in [0, 0.1) is 11.8 Å². The third kappa shape index (κ3) is 9.14. The molecule has 2 aromatic carbocycles. The van der Waals surface area contributed by atoms with E-state index in [2.05, 4.69) is 54.9 Å². The summed E-state index contributed by atoms with van der Waals surface area (Å²) in [5.74, 6) is 7.41. The lowest BCUT2D eigenvalue weighted by Gasteiger charge is -2.43. The SMILES string of the molecule is CC[C@@H]1C(=O)N(C)c2cnc(Nc3ccc(-c4cn([C@H]5CC[C@@H](NCCOCCC#Cc6cccc7c6CN(C6CCC(=O)NC6=O)C7=O)CC5)nn4)cc3OC)nc2N1C1CCCC1. The van der Waals surface area contributed by atoms with Crippen LogP contribution in [0.1, 0.15) is 112 Å². The number of likely N-dealkylation sites (N-methyl/N-ethyl adjacent to an activating group) is 1. The Balaban J connectivity index is 0.723. The molecular formula is C48H57N11O6. The minimum absolute atomic E-state index is 0.0871. The number of hydrogen-bond acceptors (Lipinski definition) is 13. The van der Waals surface area contributed by atoms with Crippen molar-refractivity contribution in [3.05, 3.63) is 65.5 Å². The number of hydrogen-bond donors (Lipinski definition) is 3. The summed E-state index contributed by atoms with van der Waals surface area (Å²) < 4.78 is 13.7. The molecule has 5 aliphatic rings. The van der Waals surface area contributed by atoms with E-state index in [1.165, 1.54) is 0 Å². The molecule has 65 heavy (non-hydrogen) atoms. The van der Waals surface area contributed by atoms with Gasteiger partial charge in [-0.3, -0.25) is 24.5 Å². The molecule has 340 valence electrons. The number of amides is 4. The van der Waals surface area contributed by atoms with Crippen LogP contribution in [-0.2, 0) is 25.7 Å². The molecule has 4 aromatic rings. The maximum absolute atomic E-state index is 13.3. The fourth-order valence-corrected chi connectivity index (χ4v) is 10.1. The van der Waals surface area contributed by atoms with Crippen molar-refractivity contribution in [3.63, 3.8) is 0 Å². The number of benzene rings is 2. The molecule has 2 saturated carbocycles. The van der Waals surface area contributed by atoms with Crippen LogP contribution in [0.3, 0.4) is 0 Å². The molecular weight excluding hydrogens is 827 g/mol. The third-order valence-electron chi connectivity index (χ3n) is 13.6. The van der Waals surface area contributed by atoms with Gasteiger partial charge in [0, 0.05) is 61.8 Å². The first kappa shape index (κ1) is 43.9. The molecule has 2 aliphatic carbocycles. The van der Waals surface area contributed by atoms with Crippen molar-refractivity contribution in [2.45, 2.75) is 121 Å². The maximum Gasteiger partial charge on any atom is 0.255 e. The molecule has 3 aliphatic heterocycles. The number of rotatable bonds is 14. The maximum atomic E-state index is 13.3. The highest BCUT2D eigenvalue weighted by Crippen LogP contribution is 2.41. The van der Waals surface area contributed by atoms with E-state index >= 15 is 0 Å². The van der Waals surface area contributed by atoms with Crippen LogP contribution in [0.15, 0.2) is 48.8 Å². The van der Waals surface area contributed by atoms with Gasteiger partial charge in [-0.15, -0.1) is 5.10 Å². The first-order chi connectivity index (χ1) is 31.7. The van der Waals surface area contributed by atoms with Crippen LogP contribution < -0.4 is 30.5 Å². The topological polar surface area (TPSA) is 189 Å². The number of fused-ring (bicyclic) bond motifs is 2. The largest absolute Gasteiger partial charge is 0.495 e. The molecule has 0 spiro atoms. The smallest absolute Gasteiger partial charge is 0.255 e. The Bertz CT molecular complexity index is 2500. The van der Waals surface area contributed by atoms with Gasteiger partial charge in [0.1, 0.15) is 29.2 Å². The van der Waals surface area contributed by atoms with E-state index in [9.17, 15) is 19.2 Å². The number of imide groups is 1. The van der Waals surface area contributed by atoms with Crippen molar-refractivity contribution >= 4 is 46.8 Å². The second-order valence-electron chi connectivity index (χ2n) is 17.5. The minimum Gasteiger partial charge on any atom is -0.495 e. The highest BCUT2D eigenvalue weighted by atomic mass is 16.5. The van der Waals surface area contributed by atoms with Crippen molar-refractivity contribution in [1.29, 1.82) is 0 Å². The number of nitrogens with one attached hydrogen (secondary N) is 3. The Kier molecular flexibility index (Phi) is 13.1. The number of piperidine rings is 1. The number of ether oxygens (including phenoxy) is 2. The zero-order valence-electron chi connectivity index (χ0n) is 37.3. The van der Waals surface area contributed by atoms with E-state index in [1.807, 2.05) is 41.2 Å². The standard InChI is InChI=1S/C48H57N11O6/c1-4-39-47(63)56(2)41-27-50-48(53-44(41)59(39)34-12-5-6-13-34)51-37-20-15-31(26-42(37)64-3)38-29-58(55-54-38)33-18-16-32(17-19-33)49-23-25-65-24-8-7-10-30-11-9-14-35-36(30)28-57(46(35)62)40-21-22-43(60)52-45(40)61/h9,11,14-15,20,26-27,29,32-34,39-40,49H,4-6,8,12-13,16-19,21-25,28H2,1-3H3,(H,50,51,53)(H,52,60,61)/t32-,33+,39-,40?/m1/s1. The Morgan fingerprint density at radius 3 is 2.58 bits per heavy atom. The van der Waals surface area contributed by atoms with Crippen molar-refractivity contribution in [2.75, 3.05) is 49.0 Å². The predicted molar refractivity (Wildman–Crippen MR) is 244 cm³/mol. The molecule has 2 atom stereocenters. The molecule has 0 bridgehead atoms. The van der Waals surface area contributed by atoms with E-state index < -0.39 is 11.9 Å². The first-order valence-corrected chi connectivity index (χ1v) is 23.1.